The Morgan fingerprint density at radius 1 is 0.897 bits per heavy atom. The maximum atomic E-state index is 12.3. The van der Waals surface area contributed by atoms with Crippen LogP contribution in [0.5, 0.6) is 5.75 Å². The number of nitrogens with zero attached hydrogens (tertiary/aromatic N) is 1. The number of amides is 2. The van der Waals surface area contributed by atoms with Gasteiger partial charge >= 0.3 is 0 Å². The second kappa shape index (κ2) is 8.66. The van der Waals surface area contributed by atoms with Crippen molar-refractivity contribution in [3.63, 3.8) is 0 Å². The monoisotopic (exact) mass is 391 g/mol. The molecular formula is C21H17N3O5. The number of nitro groups is 1. The molecule has 146 valence electrons. The third-order valence-electron chi connectivity index (χ3n) is 4.14. The number of benzene rings is 3. The molecule has 0 aromatic heterocycles. The molecule has 0 unspecified atom stereocenters. The van der Waals surface area contributed by atoms with Crippen molar-refractivity contribution in [3.8, 4) is 5.75 Å². The molecule has 0 bridgehead atoms. The summed E-state index contributed by atoms with van der Waals surface area (Å²) in [5.41, 5.74) is 1.35. The first-order valence-corrected chi connectivity index (χ1v) is 8.65. The quantitative estimate of drug-likeness (QED) is 0.337. The van der Waals surface area contributed by atoms with Crippen LogP contribution in [0, 0.1) is 10.1 Å². The average Bonchev–Trinajstić information content (AvgIpc) is 2.74. The lowest BCUT2D eigenvalue weighted by atomic mass is 10.1. The maximum Gasteiger partial charge on any atom is 0.271 e. The van der Waals surface area contributed by atoms with Gasteiger partial charge in [0.25, 0.3) is 17.5 Å². The average molecular weight is 391 g/mol. The molecule has 0 aliphatic carbocycles. The third-order valence-corrected chi connectivity index (χ3v) is 4.14. The van der Waals surface area contributed by atoms with Gasteiger partial charge in [-0.3, -0.25) is 19.7 Å². The highest BCUT2D eigenvalue weighted by Gasteiger charge is 2.14. The van der Waals surface area contributed by atoms with Crippen molar-refractivity contribution in [1.82, 2.24) is 5.32 Å². The van der Waals surface area contributed by atoms with Crippen LogP contribution in [0.15, 0.2) is 72.8 Å². The van der Waals surface area contributed by atoms with Crippen molar-refractivity contribution >= 4 is 23.2 Å². The Morgan fingerprint density at radius 2 is 1.55 bits per heavy atom. The van der Waals surface area contributed by atoms with Gasteiger partial charge in [-0.1, -0.05) is 30.3 Å². The van der Waals surface area contributed by atoms with E-state index < -0.39 is 10.8 Å². The molecule has 0 atom stereocenters. The summed E-state index contributed by atoms with van der Waals surface area (Å²) in [6, 6.07) is 18.7. The molecular weight excluding hydrogens is 374 g/mol. The summed E-state index contributed by atoms with van der Waals surface area (Å²) in [4.78, 5) is 34.6. The summed E-state index contributed by atoms with van der Waals surface area (Å²) in [5, 5.41) is 25.9. The van der Waals surface area contributed by atoms with Crippen LogP contribution in [0.1, 0.15) is 26.3 Å². The van der Waals surface area contributed by atoms with Crippen LogP contribution in [0.4, 0.5) is 11.4 Å². The fourth-order valence-corrected chi connectivity index (χ4v) is 2.58. The minimum Gasteiger partial charge on any atom is -0.506 e. The molecule has 8 nitrogen and oxygen atoms in total. The molecule has 0 aliphatic rings. The van der Waals surface area contributed by atoms with Gasteiger partial charge in [-0.05, 0) is 35.9 Å². The Balaban J connectivity index is 1.62. The van der Waals surface area contributed by atoms with Gasteiger partial charge in [0.15, 0.2) is 0 Å². The molecule has 3 aromatic carbocycles. The molecule has 0 aliphatic heterocycles. The molecule has 29 heavy (non-hydrogen) atoms. The van der Waals surface area contributed by atoms with Gasteiger partial charge < -0.3 is 15.7 Å². The second-order valence-corrected chi connectivity index (χ2v) is 6.16. The van der Waals surface area contributed by atoms with Crippen molar-refractivity contribution in [2.75, 3.05) is 5.32 Å². The Kier molecular flexibility index (Phi) is 5.84. The molecule has 2 amide bonds. The van der Waals surface area contributed by atoms with Crippen molar-refractivity contribution in [3.05, 3.63) is 99.6 Å². The topological polar surface area (TPSA) is 122 Å². The fraction of sp³-hybridized carbons (Fsp3) is 0.0476. The molecule has 8 heteroatoms. The van der Waals surface area contributed by atoms with E-state index in [1.54, 1.807) is 48.5 Å². The number of nitro benzene ring substituents is 1. The van der Waals surface area contributed by atoms with E-state index in [0.29, 0.717) is 17.7 Å². The number of phenolic OH excluding ortho intramolecular Hbond substituents is 1. The highest BCUT2D eigenvalue weighted by Crippen LogP contribution is 2.28. The predicted molar refractivity (Wildman–Crippen MR) is 107 cm³/mol. The summed E-state index contributed by atoms with van der Waals surface area (Å²) in [6.07, 6.45) is 0. The van der Waals surface area contributed by atoms with E-state index in [2.05, 4.69) is 10.6 Å². The normalized spacial score (nSPS) is 10.2. The second-order valence-electron chi connectivity index (χ2n) is 6.16. The van der Waals surface area contributed by atoms with Gasteiger partial charge in [-0.15, -0.1) is 0 Å². The summed E-state index contributed by atoms with van der Waals surface area (Å²) in [7, 11) is 0. The minimum absolute atomic E-state index is 0.0524. The summed E-state index contributed by atoms with van der Waals surface area (Å²) in [6.45, 7) is 0.293. The van der Waals surface area contributed by atoms with Crippen LogP contribution >= 0.6 is 0 Å². The number of phenols is 1. The lowest BCUT2D eigenvalue weighted by Crippen LogP contribution is -2.22. The van der Waals surface area contributed by atoms with Gasteiger partial charge in [0.2, 0.25) is 0 Å². The van der Waals surface area contributed by atoms with Crippen molar-refractivity contribution in [1.29, 1.82) is 0 Å². The van der Waals surface area contributed by atoms with Gasteiger partial charge in [-0.25, -0.2) is 0 Å². The number of rotatable bonds is 6. The first kappa shape index (κ1) is 19.6. The van der Waals surface area contributed by atoms with Crippen molar-refractivity contribution < 1.29 is 19.6 Å². The molecule has 0 radical (unpaired) electrons. The fourth-order valence-electron chi connectivity index (χ4n) is 2.58. The smallest absolute Gasteiger partial charge is 0.271 e. The molecule has 0 heterocycles. The first-order valence-electron chi connectivity index (χ1n) is 8.65. The summed E-state index contributed by atoms with van der Waals surface area (Å²) < 4.78 is 0. The van der Waals surface area contributed by atoms with E-state index in [9.17, 15) is 24.8 Å². The highest BCUT2D eigenvalue weighted by atomic mass is 16.6. The zero-order chi connectivity index (χ0) is 20.8. The number of aromatic hydroxyl groups is 1. The summed E-state index contributed by atoms with van der Waals surface area (Å²) >= 11 is 0. The minimum atomic E-state index is -0.617. The zero-order valence-electron chi connectivity index (χ0n) is 15.2. The molecule has 0 fully saturated rings. The molecule has 0 saturated heterocycles. The lowest BCUT2D eigenvalue weighted by molar-refractivity contribution is -0.384. The van der Waals surface area contributed by atoms with Crippen LogP contribution in [0.25, 0.3) is 0 Å². The third kappa shape index (κ3) is 4.95. The van der Waals surface area contributed by atoms with Crippen LogP contribution < -0.4 is 10.6 Å². The number of non-ortho nitro benzene ring substituents is 1. The van der Waals surface area contributed by atoms with Crippen LogP contribution in [-0.4, -0.2) is 21.8 Å². The Hall–Kier alpha value is -4.20. The van der Waals surface area contributed by atoms with Crippen LogP contribution in [-0.2, 0) is 6.54 Å². The number of anilines is 1. The highest BCUT2D eigenvalue weighted by molar-refractivity contribution is 6.05. The SMILES string of the molecule is O=C(NCc1ccc(C(=O)Nc2cc([N+](=O)[O-])ccc2O)cc1)c1ccccc1. The molecule has 3 rings (SSSR count). The van der Waals surface area contributed by atoms with Gasteiger partial charge in [0.1, 0.15) is 5.75 Å². The Labute approximate surface area is 166 Å². The van der Waals surface area contributed by atoms with E-state index in [0.717, 1.165) is 23.8 Å². The number of hydrogen-bond donors (Lipinski definition) is 3. The van der Waals surface area contributed by atoms with E-state index in [1.165, 1.54) is 0 Å². The van der Waals surface area contributed by atoms with Crippen LogP contribution in [0.3, 0.4) is 0 Å². The van der Waals surface area contributed by atoms with E-state index in [-0.39, 0.29) is 23.0 Å². The molecule has 0 saturated carbocycles. The van der Waals surface area contributed by atoms with Crippen molar-refractivity contribution in [2.45, 2.75) is 6.54 Å². The largest absolute Gasteiger partial charge is 0.506 e. The Bertz CT molecular complexity index is 1050. The summed E-state index contributed by atoms with van der Waals surface area (Å²) in [5.74, 6) is -1.00. The first-order chi connectivity index (χ1) is 13.9. The van der Waals surface area contributed by atoms with Crippen LogP contribution in [0.2, 0.25) is 0 Å². The van der Waals surface area contributed by atoms with E-state index in [4.69, 9.17) is 0 Å². The number of hydrogen-bond acceptors (Lipinski definition) is 5. The van der Waals surface area contributed by atoms with Gasteiger partial charge in [0, 0.05) is 29.8 Å². The number of nitrogens with one attached hydrogen (secondary N) is 2. The number of carbonyl (C=O) groups is 2. The zero-order valence-corrected chi connectivity index (χ0v) is 15.2. The molecule has 3 aromatic rings. The predicted octanol–water partition coefficient (Wildman–Crippen LogP) is 3.48. The van der Waals surface area contributed by atoms with E-state index in [1.807, 2.05) is 6.07 Å². The van der Waals surface area contributed by atoms with Gasteiger partial charge in [-0.2, -0.15) is 0 Å². The van der Waals surface area contributed by atoms with E-state index >= 15 is 0 Å². The molecule has 0 spiro atoms. The Morgan fingerprint density at radius 3 is 2.21 bits per heavy atom. The number of carbonyl (C=O) groups excluding carboxylic acids is 2. The lowest BCUT2D eigenvalue weighted by Gasteiger charge is -2.09. The maximum absolute atomic E-state index is 12.3. The van der Waals surface area contributed by atoms with Gasteiger partial charge in [0.05, 0.1) is 10.6 Å². The van der Waals surface area contributed by atoms with Crippen molar-refractivity contribution in [2.24, 2.45) is 0 Å². The molecule has 3 N–H and O–H groups in total. The standard InChI is InChI=1S/C21H17N3O5/c25-19-11-10-17(24(28)29)12-18(19)23-21(27)16-8-6-14(7-9-16)13-22-20(26)15-4-2-1-3-5-15/h1-12,25H,13H2,(H,22,26)(H,23,27).